The molecule has 0 saturated carbocycles. The number of hydrogen-bond donors (Lipinski definition) is 2. The third kappa shape index (κ3) is 5.36. The second-order valence-corrected chi connectivity index (χ2v) is 7.66. The fourth-order valence-corrected chi connectivity index (χ4v) is 2.86. The van der Waals surface area contributed by atoms with Crippen LogP contribution in [0.15, 0.2) is 18.2 Å². The lowest BCUT2D eigenvalue weighted by atomic mass is 9.96. The van der Waals surface area contributed by atoms with Crippen molar-refractivity contribution in [1.82, 2.24) is 4.90 Å². The van der Waals surface area contributed by atoms with E-state index in [2.05, 4.69) is 5.32 Å². The molecule has 0 aliphatic carbocycles. The molecule has 0 unspecified atom stereocenters. The Morgan fingerprint density at radius 2 is 1.85 bits per heavy atom. The highest BCUT2D eigenvalue weighted by molar-refractivity contribution is 6.31. The van der Waals surface area contributed by atoms with Crippen LogP contribution < -0.4 is 5.32 Å². The fraction of sp³-hybridized carbons (Fsp3) is 0.500. The van der Waals surface area contributed by atoms with Crippen LogP contribution in [0.1, 0.15) is 44.0 Å². The number of carboxylic acid groups (broad SMARTS) is 1. The van der Waals surface area contributed by atoms with Crippen LogP contribution >= 0.6 is 11.6 Å². The number of hydrogen-bond acceptors (Lipinski definition) is 4. The summed E-state index contributed by atoms with van der Waals surface area (Å²) in [6.45, 7) is 6.24. The molecule has 2 amide bonds. The summed E-state index contributed by atoms with van der Waals surface area (Å²) in [5.74, 6) is -1.73. The molecule has 1 fully saturated rings. The van der Waals surface area contributed by atoms with Gasteiger partial charge in [0.2, 0.25) is 5.91 Å². The minimum Gasteiger partial charge on any atom is -0.478 e. The van der Waals surface area contributed by atoms with Crippen molar-refractivity contribution < 1.29 is 24.2 Å². The Morgan fingerprint density at radius 3 is 2.38 bits per heavy atom. The van der Waals surface area contributed by atoms with E-state index in [1.807, 2.05) is 0 Å². The van der Waals surface area contributed by atoms with E-state index in [1.165, 1.54) is 18.2 Å². The largest absolute Gasteiger partial charge is 0.478 e. The van der Waals surface area contributed by atoms with Crippen LogP contribution in [-0.2, 0) is 9.53 Å². The Labute approximate surface area is 157 Å². The van der Waals surface area contributed by atoms with E-state index >= 15 is 0 Å². The second kappa shape index (κ2) is 7.95. The first-order valence-electron chi connectivity index (χ1n) is 8.38. The Balaban J connectivity index is 1.95. The SMILES string of the molecule is CC(C)(C)OC(=O)N1CCC(C(=O)Nc2ccc(Cl)cc2C(=O)O)CC1. The van der Waals surface area contributed by atoms with Crippen LogP contribution in [0.2, 0.25) is 5.02 Å². The molecule has 2 N–H and O–H groups in total. The molecule has 0 spiro atoms. The molecule has 2 rings (SSSR count). The molecule has 8 heteroatoms. The topological polar surface area (TPSA) is 95.9 Å². The smallest absolute Gasteiger partial charge is 0.410 e. The van der Waals surface area contributed by atoms with Gasteiger partial charge in [0.1, 0.15) is 5.60 Å². The number of nitrogens with one attached hydrogen (secondary N) is 1. The van der Waals surface area contributed by atoms with Crippen molar-refractivity contribution in [2.75, 3.05) is 18.4 Å². The molecule has 1 aromatic carbocycles. The van der Waals surface area contributed by atoms with Gasteiger partial charge in [-0.3, -0.25) is 4.79 Å². The van der Waals surface area contributed by atoms with E-state index in [4.69, 9.17) is 16.3 Å². The van der Waals surface area contributed by atoms with Crippen molar-refractivity contribution in [2.45, 2.75) is 39.2 Å². The molecule has 0 radical (unpaired) electrons. The summed E-state index contributed by atoms with van der Waals surface area (Å²) in [6.07, 6.45) is 0.588. The van der Waals surface area contributed by atoms with Gasteiger partial charge in [-0.1, -0.05) is 11.6 Å². The minimum absolute atomic E-state index is 0.0583. The number of carbonyl (C=O) groups is 3. The van der Waals surface area contributed by atoms with E-state index < -0.39 is 11.6 Å². The second-order valence-electron chi connectivity index (χ2n) is 7.23. The predicted octanol–water partition coefficient (Wildman–Crippen LogP) is 3.62. The maximum Gasteiger partial charge on any atom is 0.410 e. The summed E-state index contributed by atoms with van der Waals surface area (Å²) in [7, 11) is 0. The van der Waals surface area contributed by atoms with Crippen LogP contribution in [0.25, 0.3) is 0 Å². The number of anilines is 1. The summed E-state index contributed by atoms with van der Waals surface area (Å²) in [5.41, 5.74) is -0.411. The summed E-state index contributed by atoms with van der Waals surface area (Å²) in [4.78, 5) is 37.4. The van der Waals surface area contributed by atoms with Crippen molar-refractivity contribution in [1.29, 1.82) is 0 Å². The molecule has 1 aliphatic heterocycles. The van der Waals surface area contributed by atoms with Gasteiger partial charge in [-0.05, 0) is 51.8 Å². The number of aromatic carboxylic acids is 1. The minimum atomic E-state index is -1.16. The number of benzene rings is 1. The lowest BCUT2D eigenvalue weighted by Gasteiger charge is -2.33. The number of piperidine rings is 1. The van der Waals surface area contributed by atoms with Crippen molar-refractivity contribution in [3.05, 3.63) is 28.8 Å². The summed E-state index contributed by atoms with van der Waals surface area (Å²) < 4.78 is 5.33. The van der Waals surface area contributed by atoms with Crippen LogP contribution in [0.4, 0.5) is 10.5 Å². The number of halogens is 1. The van der Waals surface area contributed by atoms with E-state index in [0.717, 1.165) is 0 Å². The van der Waals surface area contributed by atoms with Crippen molar-refractivity contribution in [3.63, 3.8) is 0 Å². The van der Waals surface area contributed by atoms with Crippen LogP contribution in [0, 0.1) is 5.92 Å². The Bertz CT molecular complexity index is 706. The van der Waals surface area contributed by atoms with Gasteiger partial charge < -0.3 is 20.1 Å². The van der Waals surface area contributed by atoms with Gasteiger partial charge in [0.05, 0.1) is 11.3 Å². The number of amides is 2. The maximum atomic E-state index is 12.5. The first-order chi connectivity index (χ1) is 12.1. The first kappa shape index (κ1) is 20.0. The first-order valence-corrected chi connectivity index (χ1v) is 8.76. The molecule has 7 nitrogen and oxygen atoms in total. The summed E-state index contributed by atoms with van der Waals surface area (Å²) in [5, 5.41) is 12.2. The zero-order valence-electron chi connectivity index (χ0n) is 15.0. The van der Waals surface area contributed by atoms with Crippen LogP contribution in [0.5, 0.6) is 0 Å². The zero-order chi connectivity index (χ0) is 19.5. The molecule has 0 bridgehead atoms. The normalized spacial score (nSPS) is 15.5. The van der Waals surface area contributed by atoms with E-state index in [9.17, 15) is 19.5 Å². The average molecular weight is 383 g/mol. The van der Waals surface area contributed by atoms with Gasteiger partial charge in [-0.2, -0.15) is 0 Å². The number of carbonyl (C=O) groups excluding carboxylic acids is 2. The van der Waals surface area contributed by atoms with Gasteiger partial charge in [-0.25, -0.2) is 9.59 Å². The molecule has 0 atom stereocenters. The standard InChI is InChI=1S/C18H23ClN2O5/c1-18(2,3)26-17(25)21-8-6-11(7-9-21)15(22)20-14-5-4-12(19)10-13(14)16(23)24/h4-5,10-11H,6-9H2,1-3H3,(H,20,22)(H,23,24). The van der Waals surface area contributed by atoms with Gasteiger partial charge in [0.25, 0.3) is 0 Å². The summed E-state index contributed by atoms with van der Waals surface area (Å²) in [6, 6.07) is 4.29. The summed E-state index contributed by atoms with van der Waals surface area (Å²) >= 11 is 5.81. The van der Waals surface area contributed by atoms with Crippen LogP contribution in [-0.4, -0.2) is 46.7 Å². The molecule has 1 saturated heterocycles. The number of carboxylic acids is 1. The van der Waals surface area contributed by atoms with Gasteiger partial charge >= 0.3 is 12.1 Å². The predicted molar refractivity (Wildman–Crippen MR) is 97.6 cm³/mol. The number of likely N-dealkylation sites (tertiary alicyclic amines) is 1. The molecule has 26 heavy (non-hydrogen) atoms. The molecule has 0 aromatic heterocycles. The monoisotopic (exact) mass is 382 g/mol. The number of rotatable bonds is 3. The molecule has 1 aromatic rings. The molecule has 1 aliphatic rings. The van der Waals surface area contributed by atoms with Crippen molar-refractivity contribution >= 4 is 35.3 Å². The molecular weight excluding hydrogens is 360 g/mol. The number of nitrogens with zero attached hydrogens (tertiary/aromatic N) is 1. The Kier molecular flexibility index (Phi) is 6.13. The van der Waals surface area contributed by atoms with Gasteiger partial charge in [0.15, 0.2) is 0 Å². The van der Waals surface area contributed by atoms with E-state index in [-0.39, 0.29) is 34.2 Å². The zero-order valence-corrected chi connectivity index (χ0v) is 15.8. The Morgan fingerprint density at radius 1 is 1.23 bits per heavy atom. The highest BCUT2D eigenvalue weighted by atomic mass is 35.5. The fourth-order valence-electron chi connectivity index (χ4n) is 2.69. The van der Waals surface area contributed by atoms with E-state index in [1.54, 1.807) is 25.7 Å². The molecular formula is C18H23ClN2O5. The average Bonchev–Trinajstić information content (AvgIpc) is 2.54. The number of ether oxygens (including phenoxy) is 1. The van der Waals surface area contributed by atoms with Crippen molar-refractivity contribution in [2.24, 2.45) is 5.92 Å². The lowest BCUT2D eigenvalue weighted by Crippen LogP contribution is -2.43. The molecule has 142 valence electrons. The lowest BCUT2D eigenvalue weighted by molar-refractivity contribution is -0.121. The highest BCUT2D eigenvalue weighted by Gasteiger charge is 2.30. The van der Waals surface area contributed by atoms with Gasteiger partial charge in [-0.15, -0.1) is 0 Å². The van der Waals surface area contributed by atoms with Crippen molar-refractivity contribution in [3.8, 4) is 0 Å². The van der Waals surface area contributed by atoms with Crippen LogP contribution in [0.3, 0.4) is 0 Å². The van der Waals surface area contributed by atoms with Gasteiger partial charge in [0, 0.05) is 24.0 Å². The third-order valence-corrected chi connectivity index (χ3v) is 4.22. The highest BCUT2D eigenvalue weighted by Crippen LogP contribution is 2.24. The Hall–Kier alpha value is -2.28. The van der Waals surface area contributed by atoms with E-state index in [0.29, 0.717) is 25.9 Å². The quantitative estimate of drug-likeness (QED) is 0.832. The molecule has 1 heterocycles. The maximum absolute atomic E-state index is 12.5. The third-order valence-electron chi connectivity index (χ3n) is 3.99.